The standard InChI is InChI=1S/C15H21N3O/c19-15(18-12-6-7-16-9-12)10-17-14-8-13(14)11-4-2-1-3-5-11/h1-5,12-14,16-17H,6-10H2,(H,18,19)/t12-,13?,14?/m0/s1. The van der Waals surface area contributed by atoms with Gasteiger partial charge in [-0.1, -0.05) is 30.3 Å². The van der Waals surface area contributed by atoms with Gasteiger partial charge in [-0.2, -0.15) is 0 Å². The number of nitrogens with one attached hydrogen (secondary N) is 3. The summed E-state index contributed by atoms with van der Waals surface area (Å²) in [5, 5.41) is 9.65. The number of hydrogen-bond donors (Lipinski definition) is 3. The smallest absolute Gasteiger partial charge is 0.234 e. The van der Waals surface area contributed by atoms with Crippen molar-refractivity contribution in [2.24, 2.45) is 0 Å². The van der Waals surface area contributed by atoms with Gasteiger partial charge in [0.15, 0.2) is 0 Å². The van der Waals surface area contributed by atoms with Crippen molar-refractivity contribution in [2.75, 3.05) is 19.6 Å². The lowest BCUT2D eigenvalue weighted by atomic mass is 10.1. The summed E-state index contributed by atoms with van der Waals surface area (Å²) in [5.41, 5.74) is 1.38. The summed E-state index contributed by atoms with van der Waals surface area (Å²) in [6.07, 6.45) is 2.18. The van der Waals surface area contributed by atoms with Crippen molar-refractivity contribution in [1.29, 1.82) is 0 Å². The minimum absolute atomic E-state index is 0.118. The molecule has 1 aliphatic carbocycles. The van der Waals surface area contributed by atoms with Crippen molar-refractivity contribution in [3.8, 4) is 0 Å². The van der Waals surface area contributed by atoms with Crippen LogP contribution in [0.5, 0.6) is 0 Å². The predicted octanol–water partition coefficient (Wildman–Crippen LogP) is 0.610. The van der Waals surface area contributed by atoms with Crippen LogP contribution < -0.4 is 16.0 Å². The van der Waals surface area contributed by atoms with E-state index in [4.69, 9.17) is 0 Å². The molecule has 2 unspecified atom stereocenters. The highest BCUT2D eigenvalue weighted by atomic mass is 16.2. The van der Waals surface area contributed by atoms with E-state index in [-0.39, 0.29) is 5.91 Å². The van der Waals surface area contributed by atoms with Gasteiger partial charge in [0.2, 0.25) is 5.91 Å². The van der Waals surface area contributed by atoms with Crippen molar-refractivity contribution in [3.05, 3.63) is 35.9 Å². The number of hydrogen-bond acceptors (Lipinski definition) is 3. The van der Waals surface area contributed by atoms with Gasteiger partial charge in [-0.05, 0) is 24.9 Å². The molecule has 1 aromatic rings. The first-order valence-corrected chi connectivity index (χ1v) is 7.11. The molecule has 1 amide bonds. The van der Waals surface area contributed by atoms with Gasteiger partial charge in [-0.3, -0.25) is 4.79 Å². The van der Waals surface area contributed by atoms with Gasteiger partial charge in [0, 0.05) is 24.5 Å². The second-order valence-corrected chi connectivity index (χ2v) is 5.50. The average Bonchev–Trinajstić information content (AvgIpc) is 3.05. The highest BCUT2D eigenvalue weighted by Gasteiger charge is 2.37. The van der Waals surface area contributed by atoms with Crippen molar-refractivity contribution >= 4 is 5.91 Å². The van der Waals surface area contributed by atoms with Crippen LogP contribution in [0.3, 0.4) is 0 Å². The molecule has 0 aromatic heterocycles. The maximum absolute atomic E-state index is 11.8. The molecule has 0 radical (unpaired) electrons. The molecule has 0 bridgehead atoms. The van der Waals surface area contributed by atoms with Crippen molar-refractivity contribution in [1.82, 2.24) is 16.0 Å². The lowest BCUT2D eigenvalue weighted by Crippen LogP contribution is -2.42. The zero-order valence-electron chi connectivity index (χ0n) is 11.1. The van der Waals surface area contributed by atoms with Crippen LogP contribution in [0.1, 0.15) is 24.3 Å². The molecule has 4 heteroatoms. The summed E-state index contributed by atoms with van der Waals surface area (Å²) in [6, 6.07) is 11.3. The van der Waals surface area contributed by atoms with E-state index in [0.717, 1.165) is 25.9 Å². The quantitative estimate of drug-likeness (QED) is 0.726. The maximum atomic E-state index is 11.8. The Bertz CT molecular complexity index is 428. The van der Waals surface area contributed by atoms with E-state index >= 15 is 0 Å². The van der Waals surface area contributed by atoms with E-state index < -0.39 is 0 Å². The first-order chi connectivity index (χ1) is 9.33. The Hall–Kier alpha value is -1.39. The second-order valence-electron chi connectivity index (χ2n) is 5.50. The fraction of sp³-hybridized carbons (Fsp3) is 0.533. The Morgan fingerprint density at radius 2 is 2.16 bits per heavy atom. The average molecular weight is 259 g/mol. The maximum Gasteiger partial charge on any atom is 0.234 e. The molecule has 1 aromatic carbocycles. The van der Waals surface area contributed by atoms with Crippen LogP contribution in [0.25, 0.3) is 0 Å². The number of carbonyl (C=O) groups is 1. The molecular weight excluding hydrogens is 238 g/mol. The first-order valence-electron chi connectivity index (χ1n) is 7.11. The second kappa shape index (κ2) is 5.72. The van der Waals surface area contributed by atoms with Crippen LogP contribution in [0, 0.1) is 0 Å². The van der Waals surface area contributed by atoms with E-state index in [2.05, 4.69) is 40.2 Å². The number of benzene rings is 1. The van der Waals surface area contributed by atoms with Crippen LogP contribution >= 0.6 is 0 Å². The van der Waals surface area contributed by atoms with E-state index in [9.17, 15) is 4.79 Å². The summed E-state index contributed by atoms with van der Waals surface area (Å²) < 4.78 is 0. The molecule has 3 rings (SSSR count). The fourth-order valence-corrected chi connectivity index (χ4v) is 2.77. The predicted molar refractivity (Wildman–Crippen MR) is 75.0 cm³/mol. The first kappa shape index (κ1) is 12.6. The molecule has 19 heavy (non-hydrogen) atoms. The van der Waals surface area contributed by atoms with Gasteiger partial charge in [0.05, 0.1) is 6.54 Å². The van der Waals surface area contributed by atoms with E-state index in [1.807, 2.05) is 6.07 Å². The molecule has 2 aliphatic rings. The molecule has 2 fully saturated rings. The number of rotatable bonds is 5. The van der Waals surface area contributed by atoms with Gasteiger partial charge >= 0.3 is 0 Å². The Balaban J connectivity index is 1.38. The molecule has 102 valence electrons. The Morgan fingerprint density at radius 3 is 2.89 bits per heavy atom. The van der Waals surface area contributed by atoms with Crippen LogP contribution in [0.15, 0.2) is 30.3 Å². The molecule has 1 aliphatic heterocycles. The molecule has 4 nitrogen and oxygen atoms in total. The normalized spacial score (nSPS) is 29.2. The molecule has 1 heterocycles. The molecule has 1 saturated carbocycles. The van der Waals surface area contributed by atoms with Gasteiger partial charge in [-0.15, -0.1) is 0 Å². The van der Waals surface area contributed by atoms with Crippen molar-refractivity contribution < 1.29 is 4.79 Å². The lowest BCUT2D eigenvalue weighted by molar-refractivity contribution is -0.120. The van der Waals surface area contributed by atoms with E-state index in [1.54, 1.807) is 0 Å². The minimum Gasteiger partial charge on any atom is -0.351 e. The molecule has 3 N–H and O–H groups in total. The molecule has 0 spiro atoms. The summed E-state index contributed by atoms with van der Waals surface area (Å²) >= 11 is 0. The SMILES string of the molecule is O=C(CNC1CC1c1ccccc1)N[C@H]1CCNC1. The highest BCUT2D eigenvalue weighted by Crippen LogP contribution is 2.40. The molecular formula is C15H21N3O. The topological polar surface area (TPSA) is 53.2 Å². The lowest BCUT2D eigenvalue weighted by Gasteiger charge is -2.11. The zero-order valence-corrected chi connectivity index (χ0v) is 11.1. The van der Waals surface area contributed by atoms with Crippen LogP contribution in [-0.4, -0.2) is 37.6 Å². The summed E-state index contributed by atoms with van der Waals surface area (Å²) in [4.78, 5) is 11.8. The highest BCUT2D eigenvalue weighted by molar-refractivity contribution is 5.78. The molecule has 1 saturated heterocycles. The van der Waals surface area contributed by atoms with Gasteiger partial charge < -0.3 is 16.0 Å². The number of amides is 1. The third-order valence-corrected chi connectivity index (χ3v) is 3.97. The Kier molecular flexibility index (Phi) is 3.80. The molecule has 3 atom stereocenters. The minimum atomic E-state index is 0.118. The van der Waals surface area contributed by atoms with Crippen LogP contribution in [0.2, 0.25) is 0 Å². The monoisotopic (exact) mass is 259 g/mol. The Labute approximate surface area is 114 Å². The number of carbonyl (C=O) groups excluding carboxylic acids is 1. The van der Waals surface area contributed by atoms with Gasteiger partial charge in [-0.25, -0.2) is 0 Å². The van der Waals surface area contributed by atoms with E-state index in [0.29, 0.717) is 24.5 Å². The van der Waals surface area contributed by atoms with Crippen molar-refractivity contribution in [2.45, 2.75) is 30.8 Å². The third-order valence-electron chi connectivity index (χ3n) is 3.97. The van der Waals surface area contributed by atoms with Gasteiger partial charge in [0.25, 0.3) is 0 Å². The summed E-state index contributed by atoms with van der Waals surface area (Å²) in [6.45, 7) is 2.35. The Morgan fingerprint density at radius 1 is 1.32 bits per heavy atom. The largest absolute Gasteiger partial charge is 0.351 e. The van der Waals surface area contributed by atoms with Crippen LogP contribution in [0.4, 0.5) is 0 Å². The summed E-state index contributed by atoms with van der Waals surface area (Å²) in [5.74, 6) is 0.703. The zero-order chi connectivity index (χ0) is 13.1. The fourth-order valence-electron chi connectivity index (χ4n) is 2.77. The van der Waals surface area contributed by atoms with E-state index in [1.165, 1.54) is 5.56 Å². The van der Waals surface area contributed by atoms with Gasteiger partial charge in [0.1, 0.15) is 0 Å². The van der Waals surface area contributed by atoms with Crippen LogP contribution in [-0.2, 0) is 4.79 Å². The third kappa shape index (κ3) is 3.33. The van der Waals surface area contributed by atoms with Crippen molar-refractivity contribution in [3.63, 3.8) is 0 Å². The summed E-state index contributed by atoms with van der Waals surface area (Å²) in [7, 11) is 0.